The number of carbonyl (C=O) groups is 1. The first kappa shape index (κ1) is 15.3. The molecule has 23 heavy (non-hydrogen) atoms. The molecule has 1 atom stereocenters. The highest BCUT2D eigenvalue weighted by molar-refractivity contribution is 5.94. The largest absolute Gasteiger partial charge is 0.342 e. The van der Waals surface area contributed by atoms with Gasteiger partial charge >= 0.3 is 0 Å². The van der Waals surface area contributed by atoms with Crippen LogP contribution in [0.1, 0.15) is 42.5 Å². The van der Waals surface area contributed by atoms with Crippen LogP contribution in [-0.4, -0.2) is 15.5 Å². The van der Waals surface area contributed by atoms with E-state index in [1.54, 1.807) is 0 Å². The molecule has 1 heterocycles. The first-order valence-electron chi connectivity index (χ1n) is 8.01. The number of hydrogen-bond acceptors (Lipinski definition) is 2. The molecule has 0 saturated carbocycles. The van der Waals surface area contributed by atoms with Crippen molar-refractivity contribution in [3.8, 4) is 0 Å². The van der Waals surface area contributed by atoms with E-state index in [0.29, 0.717) is 5.56 Å². The second-order valence-corrected chi connectivity index (χ2v) is 5.67. The monoisotopic (exact) mass is 307 g/mol. The van der Waals surface area contributed by atoms with Crippen molar-refractivity contribution < 1.29 is 4.79 Å². The van der Waals surface area contributed by atoms with E-state index in [9.17, 15) is 4.79 Å². The fourth-order valence-corrected chi connectivity index (χ4v) is 2.82. The molecule has 3 rings (SSSR count). The summed E-state index contributed by atoms with van der Waals surface area (Å²) in [7, 11) is 0. The fraction of sp³-hybridized carbons (Fsp3) is 0.263. The summed E-state index contributed by atoms with van der Waals surface area (Å²) < 4.78 is 2.20. The fourth-order valence-electron chi connectivity index (χ4n) is 2.82. The highest BCUT2D eigenvalue weighted by atomic mass is 16.1. The Labute approximate surface area is 136 Å². The maximum absolute atomic E-state index is 12.4. The maximum Gasteiger partial charge on any atom is 0.251 e. The molecule has 0 aliphatic heterocycles. The second kappa shape index (κ2) is 6.65. The third-order valence-corrected chi connectivity index (χ3v) is 3.90. The summed E-state index contributed by atoms with van der Waals surface area (Å²) in [5.41, 5.74) is 2.75. The van der Waals surface area contributed by atoms with Gasteiger partial charge in [-0.2, -0.15) is 0 Å². The van der Waals surface area contributed by atoms with E-state index in [0.717, 1.165) is 29.8 Å². The number of benzene rings is 2. The number of amides is 1. The van der Waals surface area contributed by atoms with Crippen LogP contribution in [0.15, 0.2) is 54.6 Å². The molecule has 1 N–H and O–H groups in total. The average Bonchev–Trinajstić information content (AvgIpc) is 2.95. The lowest BCUT2D eigenvalue weighted by molar-refractivity contribution is 0.0937. The zero-order valence-electron chi connectivity index (χ0n) is 13.5. The van der Waals surface area contributed by atoms with Gasteiger partial charge in [0.05, 0.1) is 17.1 Å². The minimum atomic E-state index is -0.151. The summed E-state index contributed by atoms with van der Waals surface area (Å²) in [5.74, 6) is 0.825. The molecule has 4 heteroatoms. The first-order valence-corrected chi connectivity index (χ1v) is 8.01. The lowest BCUT2D eigenvalue weighted by atomic mass is 10.2. The predicted octanol–water partition coefficient (Wildman–Crippen LogP) is 3.94. The molecule has 0 aliphatic rings. The van der Waals surface area contributed by atoms with E-state index in [2.05, 4.69) is 22.9 Å². The van der Waals surface area contributed by atoms with Gasteiger partial charge in [-0.3, -0.25) is 4.79 Å². The van der Waals surface area contributed by atoms with Gasteiger partial charge in [-0.25, -0.2) is 4.98 Å². The average molecular weight is 307 g/mol. The van der Waals surface area contributed by atoms with Crippen LogP contribution >= 0.6 is 0 Å². The van der Waals surface area contributed by atoms with Gasteiger partial charge in [-0.05, 0) is 37.6 Å². The molecule has 118 valence electrons. The summed E-state index contributed by atoms with van der Waals surface area (Å²) in [4.78, 5) is 17.1. The van der Waals surface area contributed by atoms with E-state index in [-0.39, 0.29) is 11.9 Å². The van der Waals surface area contributed by atoms with Gasteiger partial charge < -0.3 is 9.88 Å². The Bertz CT molecular complexity index is 808. The number of aromatic nitrogens is 2. The molecule has 3 aromatic rings. The van der Waals surface area contributed by atoms with Crippen LogP contribution in [0.5, 0.6) is 0 Å². The van der Waals surface area contributed by atoms with Crippen molar-refractivity contribution in [2.45, 2.75) is 32.9 Å². The van der Waals surface area contributed by atoms with Gasteiger partial charge in [0, 0.05) is 12.1 Å². The molecule has 1 aromatic heterocycles. The number of hydrogen-bond donors (Lipinski definition) is 1. The minimum Gasteiger partial charge on any atom is -0.342 e. The predicted molar refractivity (Wildman–Crippen MR) is 92.3 cm³/mol. The smallest absolute Gasteiger partial charge is 0.251 e. The maximum atomic E-state index is 12.4. The topological polar surface area (TPSA) is 46.9 Å². The number of nitrogens with one attached hydrogen (secondary N) is 1. The van der Waals surface area contributed by atoms with E-state index in [1.165, 1.54) is 0 Å². The molecule has 0 bridgehead atoms. The Balaban J connectivity index is 1.90. The highest BCUT2D eigenvalue weighted by Crippen LogP contribution is 2.21. The van der Waals surface area contributed by atoms with Crippen molar-refractivity contribution in [2.75, 3.05) is 0 Å². The van der Waals surface area contributed by atoms with E-state index in [1.807, 2.05) is 55.5 Å². The molecule has 0 aliphatic carbocycles. The molecule has 4 nitrogen and oxygen atoms in total. The van der Waals surface area contributed by atoms with Crippen molar-refractivity contribution in [3.63, 3.8) is 0 Å². The number of nitrogens with zero attached hydrogens (tertiary/aromatic N) is 2. The highest BCUT2D eigenvalue weighted by Gasteiger charge is 2.18. The van der Waals surface area contributed by atoms with E-state index >= 15 is 0 Å². The summed E-state index contributed by atoms with van der Waals surface area (Å²) in [6, 6.07) is 17.2. The summed E-state index contributed by atoms with van der Waals surface area (Å²) >= 11 is 0. The van der Waals surface area contributed by atoms with Crippen LogP contribution in [0.2, 0.25) is 0 Å². The van der Waals surface area contributed by atoms with Gasteiger partial charge in [0.1, 0.15) is 5.82 Å². The minimum absolute atomic E-state index is 0.0757. The van der Waals surface area contributed by atoms with Crippen molar-refractivity contribution in [1.82, 2.24) is 14.9 Å². The molecular formula is C19H21N3O. The summed E-state index contributed by atoms with van der Waals surface area (Å²) in [5, 5.41) is 3.05. The third-order valence-electron chi connectivity index (χ3n) is 3.90. The van der Waals surface area contributed by atoms with Gasteiger partial charge in [-0.1, -0.05) is 37.3 Å². The Kier molecular flexibility index (Phi) is 4.42. The van der Waals surface area contributed by atoms with E-state index in [4.69, 9.17) is 4.98 Å². The normalized spacial score (nSPS) is 12.3. The van der Waals surface area contributed by atoms with Gasteiger partial charge in [0.15, 0.2) is 0 Å². The van der Waals surface area contributed by atoms with Crippen LogP contribution < -0.4 is 5.32 Å². The van der Waals surface area contributed by atoms with Gasteiger partial charge in [0.25, 0.3) is 5.91 Å². The molecule has 0 saturated heterocycles. The van der Waals surface area contributed by atoms with Crippen molar-refractivity contribution in [3.05, 3.63) is 66.0 Å². The van der Waals surface area contributed by atoms with Crippen LogP contribution in [0.4, 0.5) is 0 Å². The number of imidazole rings is 1. The molecule has 1 amide bonds. The first-order chi connectivity index (χ1) is 11.2. The van der Waals surface area contributed by atoms with Crippen LogP contribution in [-0.2, 0) is 6.54 Å². The summed E-state index contributed by atoms with van der Waals surface area (Å²) in [6.07, 6.45) is 1.02. The van der Waals surface area contributed by atoms with Crippen LogP contribution in [0.3, 0.4) is 0 Å². The zero-order chi connectivity index (χ0) is 16.2. The van der Waals surface area contributed by atoms with Crippen LogP contribution in [0, 0.1) is 0 Å². The standard InChI is InChI=1S/C19H21N3O/c1-3-13-22-17-12-8-7-11-16(17)21-18(22)14(2)20-19(23)15-9-5-4-6-10-15/h4-12,14H,3,13H2,1-2H3,(H,20,23)/t14-/m1/s1. The van der Waals surface area contributed by atoms with E-state index < -0.39 is 0 Å². The molecule has 0 fully saturated rings. The van der Waals surface area contributed by atoms with Crippen molar-refractivity contribution in [1.29, 1.82) is 0 Å². The number of carbonyl (C=O) groups excluding carboxylic acids is 1. The Morgan fingerprint density at radius 3 is 2.57 bits per heavy atom. The lowest BCUT2D eigenvalue weighted by Crippen LogP contribution is -2.28. The molecule has 0 radical (unpaired) electrons. The van der Waals surface area contributed by atoms with Crippen molar-refractivity contribution >= 4 is 16.9 Å². The van der Waals surface area contributed by atoms with Gasteiger partial charge in [0.2, 0.25) is 0 Å². The molecule has 0 unspecified atom stereocenters. The zero-order valence-corrected chi connectivity index (χ0v) is 13.5. The lowest BCUT2D eigenvalue weighted by Gasteiger charge is -2.16. The van der Waals surface area contributed by atoms with Crippen LogP contribution in [0.25, 0.3) is 11.0 Å². The van der Waals surface area contributed by atoms with Crippen molar-refractivity contribution in [2.24, 2.45) is 0 Å². The number of aryl methyl sites for hydroxylation is 1. The SMILES string of the molecule is CCCn1c([C@@H](C)NC(=O)c2ccccc2)nc2ccccc21. The third kappa shape index (κ3) is 3.11. The summed E-state index contributed by atoms with van der Waals surface area (Å²) in [6.45, 7) is 5.02. The Morgan fingerprint density at radius 2 is 1.83 bits per heavy atom. The Morgan fingerprint density at radius 1 is 1.13 bits per heavy atom. The molecular weight excluding hydrogens is 286 g/mol. The number of rotatable bonds is 5. The van der Waals surface area contributed by atoms with Gasteiger partial charge in [-0.15, -0.1) is 0 Å². The quantitative estimate of drug-likeness (QED) is 0.776. The second-order valence-electron chi connectivity index (χ2n) is 5.67. The molecule has 0 spiro atoms. The number of para-hydroxylation sites is 2. The number of fused-ring (bicyclic) bond motifs is 1. The molecule has 2 aromatic carbocycles. The Hall–Kier alpha value is -2.62.